The largest absolute Gasteiger partial charge is 0.508 e. The fourth-order valence-electron chi connectivity index (χ4n) is 4.86. The molecule has 1 unspecified atom stereocenters. The standard InChI is InChI=1S/C30H27N5O6/c1-17(18-5-9-21(37-2)10-6-18)34-40-15-26-32-29-28-27(19-7-12-23(38-3)25(13-19)39-4)22-11-8-20(36)14-24(22)41-30(28)31-16-35(29)33-26/h5-14,16,27,36H,15H2,1-4H3/b34-17-. The minimum absolute atomic E-state index is 0.0519. The van der Waals surface area contributed by atoms with E-state index < -0.39 is 0 Å². The van der Waals surface area contributed by atoms with Gasteiger partial charge in [-0.05, 0) is 60.5 Å². The molecule has 2 aromatic heterocycles. The smallest absolute Gasteiger partial charge is 0.228 e. The average Bonchev–Trinajstić information content (AvgIpc) is 3.42. The van der Waals surface area contributed by atoms with Crippen LogP contribution in [-0.4, -0.2) is 51.7 Å². The lowest BCUT2D eigenvalue weighted by Crippen LogP contribution is -2.15. The molecule has 0 aliphatic carbocycles. The third kappa shape index (κ3) is 4.82. The normalized spacial score (nSPS) is 14.1. The molecule has 0 fully saturated rings. The number of oxime groups is 1. The third-order valence-corrected chi connectivity index (χ3v) is 6.88. The predicted molar refractivity (Wildman–Crippen MR) is 149 cm³/mol. The highest BCUT2D eigenvalue weighted by Crippen LogP contribution is 2.49. The van der Waals surface area contributed by atoms with Gasteiger partial charge in [-0.25, -0.2) is 14.5 Å². The molecule has 11 nitrogen and oxygen atoms in total. The van der Waals surface area contributed by atoms with Crippen LogP contribution < -0.4 is 18.9 Å². The van der Waals surface area contributed by atoms with Crippen molar-refractivity contribution in [3.8, 4) is 34.6 Å². The van der Waals surface area contributed by atoms with Crippen molar-refractivity contribution < 1.29 is 28.9 Å². The second-order valence-electron chi connectivity index (χ2n) is 9.31. The lowest BCUT2D eigenvalue weighted by atomic mass is 9.83. The molecule has 0 saturated heterocycles. The van der Waals surface area contributed by atoms with E-state index in [2.05, 4.69) is 15.2 Å². The van der Waals surface area contributed by atoms with E-state index in [0.717, 1.165) is 28.0 Å². The van der Waals surface area contributed by atoms with E-state index in [1.165, 1.54) is 6.33 Å². The molecule has 208 valence electrons. The zero-order valence-corrected chi connectivity index (χ0v) is 22.9. The van der Waals surface area contributed by atoms with E-state index in [0.29, 0.717) is 40.3 Å². The summed E-state index contributed by atoms with van der Waals surface area (Å²) in [5.41, 5.74) is 4.62. The Balaban J connectivity index is 1.37. The average molecular weight is 554 g/mol. The Morgan fingerprint density at radius 1 is 0.976 bits per heavy atom. The number of methoxy groups -OCH3 is 3. The van der Waals surface area contributed by atoms with Crippen LogP contribution in [0.5, 0.6) is 34.6 Å². The van der Waals surface area contributed by atoms with Gasteiger partial charge in [0.2, 0.25) is 5.88 Å². The van der Waals surface area contributed by atoms with Gasteiger partial charge in [0.1, 0.15) is 23.6 Å². The predicted octanol–water partition coefficient (Wildman–Crippen LogP) is 5.08. The fraction of sp³-hybridized carbons (Fsp3) is 0.200. The Bertz CT molecular complexity index is 1770. The van der Waals surface area contributed by atoms with E-state index >= 15 is 0 Å². The van der Waals surface area contributed by atoms with Gasteiger partial charge in [-0.2, -0.15) is 0 Å². The van der Waals surface area contributed by atoms with Gasteiger partial charge in [0, 0.05) is 17.5 Å². The highest BCUT2D eigenvalue weighted by molar-refractivity contribution is 5.98. The minimum Gasteiger partial charge on any atom is -0.508 e. The van der Waals surface area contributed by atoms with Crippen LogP contribution in [0.1, 0.15) is 40.9 Å². The number of hydrogen-bond donors (Lipinski definition) is 1. The summed E-state index contributed by atoms with van der Waals surface area (Å²) < 4.78 is 24.0. The molecular formula is C30H27N5O6. The number of fused-ring (bicyclic) bond motifs is 4. The van der Waals surface area contributed by atoms with E-state index in [1.807, 2.05) is 55.5 Å². The maximum Gasteiger partial charge on any atom is 0.228 e. The number of rotatable bonds is 8. The van der Waals surface area contributed by atoms with Crippen molar-refractivity contribution >= 4 is 11.4 Å². The first-order valence-corrected chi connectivity index (χ1v) is 12.8. The summed E-state index contributed by atoms with van der Waals surface area (Å²) in [7, 11) is 4.81. The molecule has 1 aliphatic heterocycles. The lowest BCUT2D eigenvalue weighted by molar-refractivity contribution is 0.125. The second kappa shape index (κ2) is 10.7. The molecule has 41 heavy (non-hydrogen) atoms. The van der Waals surface area contributed by atoms with Crippen molar-refractivity contribution in [2.24, 2.45) is 5.16 Å². The topological polar surface area (TPSA) is 122 Å². The molecule has 0 saturated carbocycles. The van der Waals surface area contributed by atoms with Crippen molar-refractivity contribution in [1.82, 2.24) is 19.6 Å². The molecule has 3 aromatic carbocycles. The first-order valence-electron chi connectivity index (χ1n) is 12.8. The fourth-order valence-corrected chi connectivity index (χ4v) is 4.86. The van der Waals surface area contributed by atoms with Gasteiger partial charge in [-0.3, -0.25) is 0 Å². The Kier molecular flexibility index (Phi) is 6.76. The molecule has 3 heterocycles. The third-order valence-electron chi connectivity index (χ3n) is 6.88. The van der Waals surface area contributed by atoms with Crippen molar-refractivity contribution in [3.05, 3.63) is 95.1 Å². The molecule has 6 rings (SSSR count). The number of ether oxygens (including phenoxy) is 4. The summed E-state index contributed by atoms with van der Waals surface area (Å²) in [5, 5.41) is 18.9. The Hall–Kier alpha value is -5.32. The first-order chi connectivity index (χ1) is 20.0. The quantitative estimate of drug-likeness (QED) is 0.203. The number of hydrogen-bond acceptors (Lipinski definition) is 10. The van der Waals surface area contributed by atoms with Crippen molar-refractivity contribution in [2.45, 2.75) is 19.4 Å². The van der Waals surface area contributed by atoms with E-state index in [-0.39, 0.29) is 18.3 Å². The molecule has 1 aliphatic rings. The molecule has 11 heteroatoms. The molecule has 5 aromatic rings. The number of aromatic nitrogens is 4. The maximum absolute atomic E-state index is 10.1. The molecule has 0 bridgehead atoms. The molecule has 1 atom stereocenters. The van der Waals surface area contributed by atoms with Crippen molar-refractivity contribution in [1.29, 1.82) is 0 Å². The van der Waals surface area contributed by atoms with Gasteiger partial charge in [0.05, 0.1) is 32.6 Å². The molecule has 1 N–H and O–H groups in total. The van der Waals surface area contributed by atoms with Crippen LogP contribution in [0.25, 0.3) is 5.65 Å². The summed E-state index contributed by atoms with van der Waals surface area (Å²) in [6.45, 7) is 1.91. The van der Waals surface area contributed by atoms with Crippen LogP contribution in [0.2, 0.25) is 0 Å². The van der Waals surface area contributed by atoms with Gasteiger partial charge in [0.25, 0.3) is 0 Å². The van der Waals surface area contributed by atoms with Crippen molar-refractivity contribution in [2.75, 3.05) is 21.3 Å². The first kappa shape index (κ1) is 25.9. The summed E-state index contributed by atoms with van der Waals surface area (Å²) in [4.78, 5) is 14.9. The van der Waals surface area contributed by atoms with Gasteiger partial charge in [-0.15, -0.1) is 5.10 Å². The van der Waals surface area contributed by atoms with Crippen LogP contribution >= 0.6 is 0 Å². The summed E-state index contributed by atoms with van der Waals surface area (Å²) >= 11 is 0. The molecule has 0 spiro atoms. The maximum atomic E-state index is 10.1. The van der Waals surface area contributed by atoms with Crippen LogP contribution in [-0.2, 0) is 11.4 Å². The second-order valence-corrected chi connectivity index (χ2v) is 9.31. The summed E-state index contributed by atoms with van der Waals surface area (Å²) in [6, 6.07) is 18.3. The van der Waals surface area contributed by atoms with E-state index in [9.17, 15) is 5.11 Å². The van der Waals surface area contributed by atoms with Gasteiger partial charge < -0.3 is 28.9 Å². The Morgan fingerprint density at radius 2 is 1.78 bits per heavy atom. The zero-order valence-electron chi connectivity index (χ0n) is 22.9. The van der Waals surface area contributed by atoms with E-state index in [4.69, 9.17) is 28.8 Å². The number of benzene rings is 3. The monoisotopic (exact) mass is 553 g/mol. The Morgan fingerprint density at radius 3 is 2.54 bits per heavy atom. The van der Waals surface area contributed by atoms with Crippen molar-refractivity contribution in [3.63, 3.8) is 0 Å². The van der Waals surface area contributed by atoms with Gasteiger partial charge in [-0.1, -0.05) is 17.3 Å². The number of phenolic OH excluding ortho intramolecular Hbond substituents is 1. The molecule has 0 amide bonds. The summed E-state index contributed by atoms with van der Waals surface area (Å²) in [5.74, 6) is 2.99. The van der Waals surface area contributed by atoms with Crippen LogP contribution in [0.4, 0.5) is 0 Å². The van der Waals surface area contributed by atoms with Crippen LogP contribution in [0, 0.1) is 0 Å². The lowest BCUT2D eigenvalue weighted by Gasteiger charge is -2.28. The molecule has 0 radical (unpaired) electrons. The number of nitrogens with zero attached hydrogens (tertiary/aromatic N) is 5. The zero-order chi connectivity index (χ0) is 28.5. The highest BCUT2D eigenvalue weighted by Gasteiger charge is 2.34. The number of phenols is 1. The van der Waals surface area contributed by atoms with Crippen LogP contribution in [0.3, 0.4) is 0 Å². The Labute approximate surface area is 235 Å². The molecular weight excluding hydrogens is 526 g/mol. The van der Waals surface area contributed by atoms with Gasteiger partial charge in [0.15, 0.2) is 29.6 Å². The van der Waals surface area contributed by atoms with Gasteiger partial charge >= 0.3 is 0 Å². The number of aromatic hydroxyl groups is 1. The minimum atomic E-state index is -0.348. The van der Waals surface area contributed by atoms with E-state index in [1.54, 1.807) is 38.0 Å². The highest BCUT2D eigenvalue weighted by atomic mass is 16.6. The SMILES string of the molecule is COc1ccc(/C(C)=N\OCc2nc3c4c(ncn3n2)Oc2cc(O)ccc2C4c2ccc(OC)c(OC)c2)cc1. The van der Waals surface area contributed by atoms with Crippen LogP contribution in [0.15, 0.2) is 72.1 Å². The summed E-state index contributed by atoms with van der Waals surface area (Å²) in [6.07, 6.45) is 1.54.